The smallest absolute Gasteiger partial charge is 0.173 e. The van der Waals surface area contributed by atoms with Crippen LogP contribution in [0.3, 0.4) is 0 Å². The lowest BCUT2D eigenvalue weighted by atomic mass is 10.0. The third-order valence-electron chi connectivity index (χ3n) is 6.19. The molecule has 5 rings (SSSR count). The molecule has 33 heavy (non-hydrogen) atoms. The molecule has 7 nitrogen and oxygen atoms in total. The van der Waals surface area contributed by atoms with E-state index in [1.807, 2.05) is 41.1 Å². The van der Waals surface area contributed by atoms with Crippen molar-refractivity contribution in [2.24, 2.45) is 0 Å². The van der Waals surface area contributed by atoms with Crippen LogP contribution >= 0.6 is 0 Å². The van der Waals surface area contributed by atoms with Crippen LogP contribution in [0.5, 0.6) is 5.75 Å². The Balaban J connectivity index is 1.39. The summed E-state index contributed by atoms with van der Waals surface area (Å²) in [7, 11) is 1.71. The highest BCUT2D eigenvalue weighted by atomic mass is 16.5. The predicted octanol–water partition coefficient (Wildman–Crippen LogP) is 3.64. The average molecular weight is 441 g/mol. The molecule has 1 atom stereocenters. The maximum atomic E-state index is 5.41. The Hall–Kier alpha value is -3.71. The molecule has 7 heteroatoms. The highest BCUT2D eigenvalue weighted by Gasteiger charge is 2.30. The van der Waals surface area contributed by atoms with E-state index in [4.69, 9.17) is 4.74 Å². The Kier molecular flexibility index (Phi) is 6.30. The number of tetrazole rings is 1. The number of methoxy groups -OCH3 is 1. The lowest BCUT2D eigenvalue weighted by Gasteiger charge is -2.40. The molecule has 1 aliphatic rings. The van der Waals surface area contributed by atoms with Crippen molar-refractivity contribution in [1.29, 1.82) is 0 Å². The van der Waals surface area contributed by atoms with Gasteiger partial charge >= 0.3 is 0 Å². The van der Waals surface area contributed by atoms with Crippen LogP contribution in [0.4, 0.5) is 5.69 Å². The van der Waals surface area contributed by atoms with E-state index in [2.05, 4.69) is 73.9 Å². The molecule has 0 amide bonds. The van der Waals surface area contributed by atoms with Crippen LogP contribution in [0.1, 0.15) is 23.0 Å². The molecule has 0 spiro atoms. The van der Waals surface area contributed by atoms with Gasteiger partial charge in [0.1, 0.15) is 5.75 Å². The van der Waals surface area contributed by atoms with Crippen molar-refractivity contribution in [3.63, 3.8) is 0 Å². The number of benzene rings is 3. The number of anilines is 1. The normalized spacial score (nSPS) is 15.4. The Labute approximate surface area is 194 Å². The Bertz CT molecular complexity index is 1160. The number of rotatable bonds is 7. The third-order valence-corrected chi connectivity index (χ3v) is 6.19. The molecule has 0 bridgehead atoms. The molecule has 0 N–H and O–H groups in total. The minimum absolute atomic E-state index is 0.00243. The van der Waals surface area contributed by atoms with Crippen LogP contribution in [-0.4, -0.2) is 58.4 Å². The lowest BCUT2D eigenvalue weighted by molar-refractivity contribution is 0.201. The topological polar surface area (TPSA) is 59.3 Å². The first kappa shape index (κ1) is 21.2. The second-order valence-corrected chi connectivity index (χ2v) is 8.22. The van der Waals surface area contributed by atoms with Crippen molar-refractivity contribution in [2.45, 2.75) is 12.6 Å². The van der Waals surface area contributed by atoms with Crippen LogP contribution < -0.4 is 9.64 Å². The second-order valence-electron chi connectivity index (χ2n) is 8.22. The minimum atomic E-state index is -0.00243. The fourth-order valence-electron chi connectivity index (χ4n) is 4.48. The standard InChI is InChI=1S/C26H28N6O/c1-33-24-14-8-13-23(19-24)30-15-17-31(18-16-30)25(22-11-6-3-7-12-22)26-27-28-29-32(26)20-21-9-4-2-5-10-21/h2-14,19,25H,15-18,20H2,1H3/t25-/m1/s1. The summed E-state index contributed by atoms with van der Waals surface area (Å²) >= 11 is 0. The van der Waals surface area contributed by atoms with Gasteiger partial charge in [0.05, 0.1) is 19.7 Å². The summed E-state index contributed by atoms with van der Waals surface area (Å²) in [5.41, 5.74) is 3.58. The number of nitrogens with zero attached hydrogens (tertiary/aromatic N) is 6. The number of hydrogen-bond donors (Lipinski definition) is 0. The number of aromatic nitrogens is 4. The van der Waals surface area contributed by atoms with E-state index in [0.717, 1.165) is 37.8 Å². The zero-order valence-electron chi connectivity index (χ0n) is 18.8. The maximum absolute atomic E-state index is 5.41. The van der Waals surface area contributed by atoms with Crippen molar-refractivity contribution in [1.82, 2.24) is 25.1 Å². The Morgan fingerprint density at radius 3 is 2.30 bits per heavy atom. The van der Waals surface area contributed by atoms with Crippen molar-refractivity contribution in [3.8, 4) is 5.75 Å². The molecule has 0 unspecified atom stereocenters. The Morgan fingerprint density at radius 1 is 0.848 bits per heavy atom. The van der Waals surface area contributed by atoms with Gasteiger partial charge in [-0.2, -0.15) is 0 Å². The van der Waals surface area contributed by atoms with Crippen molar-refractivity contribution < 1.29 is 4.74 Å². The fourth-order valence-corrected chi connectivity index (χ4v) is 4.48. The predicted molar refractivity (Wildman–Crippen MR) is 128 cm³/mol. The van der Waals surface area contributed by atoms with Crippen molar-refractivity contribution >= 4 is 5.69 Å². The monoisotopic (exact) mass is 440 g/mol. The molecule has 0 saturated carbocycles. The van der Waals surface area contributed by atoms with Crippen molar-refractivity contribution in [2.75, 3.05) is 38.2 Å². The molecule has 1 aliphatic heterocycles. The molecule has 4 aromatic rings. The quantitative estimate of drug-likeness (QED) is 0.437. The summed E-state index contributed by atoms with van der Waals surface area (Å²) in [6.07, 6.45) is 0. The molecular weight excluding hydrogens is 412 g/mol. The van der Waals surface area contributed by atoms with Crippen LogP contribution in [-0.2, 0) is 6.54 Å². The minimum Gasteiger partial charge on any atom is -0.497 e. The molecule has 2 heterocycles. The van der Waals surface area contributed by atoms with Crippen LogP contribution in [0, 0.1) is 0 Å². The second kappa shape index (κ2) is 9.83. The van der Waals surface area contributed by atoms with Crippen LogP contribution in [0.15, 0.2) is 84.9 Å². The van der Waals surface area contributed by atoms with Crippen LogP contribution in [0.25, 0.3) is 0 Å². The highest BCUT2D eigenvalue weighted by molar-refractivity contribution is 5.51. The van der Waals surface area contributed by atoms with Crippen LogP contribution in [0.2, 0.25) is 0 Å². The van der Waals surface area contributed by atoms with Gasteiger partial charge in [-0.1, -0.05) is 66.7 Å². The van der Waals surface area contributed by atoms with Gasteiger partial charge in [-0.3, -0.25) is 4.90 Å². The first-order valence-electron chi connectivity index (χ1n) is 11.3. The molecular formula is C26H28N6O. The first-order chi connectivity index (χ1) is 16.3. The average Bonchev–Trinajstić information content (AvgIpc) is 3.33. The van der Waals surface area contributed by atoms with Gasteiger partial charge in [-0.25, -0.2) is 4.68 Å². The first-order valence-corrected chi connectivity index (χ1v) is 11.3. The summed E-state index contributed by atoms with van der Waals surface area (Å²) in [6.45, 7) is 4.33. The van der Waals surface area contributed by atoms with Crippen molar-refractivity contribution in [3.05, 3.63) is 102 Å². The largest absolute Gasteiger partial charge is 0.497 e. The summed E-state index contributed by atoms with van der Waals surface area (Å²) in [4.78, 5) is 4.90. The van der Waals surface area contributed by atoms with Gasteiger partial charge in [-0.15, -0.1) is 5.10 Å². The number of hydrogen-bond acceptors (Lipinski definition) is 6. The molecule has 3 aromatic carbocycles. The molecule has 168 valence electrons. The van der Waals surface area contributed by atoms with E-state index in [9.17, 15) is 0 Å². The van der Waals surface area contributed by atoms with Gasteiger partial charge in [0.15, 0.2) is 5.82 Å². The Morgan fingerprint density at radius 2 is 1.58 bits per heavy atom. The molecule has 1 saturated heterocycles. The fraction of sp³-hybridized carbons (Fsp3) is 0.269. The summed E-state index contributed by atoms with van der Waals surface area (Å²) in [5.74, 6) is 1.76. The zero-order chi connectivity index (χ0) is 22.5. The van der Waals surface area contributed by atoms with E-state index >= 15 is 0 Å². The van der Waals surface area contributed by atoms with Gasteiger partial charge in [0.2, 0.25) is 0 Å². The van der Waals surface area contributed by atoms with Gasteiger partial charge < -0.3 is 9.64 Å². The number of piperazine rings is 1. The molecule has 1 fully saturated rings. The van der Waals surface area contributed by atoms with E-state index in [1.165, 1.54) is 16.8 Å². The summed E-state index contributed by atoms with van der Waals surface area (Å²) in [6, 6.07) is 29.2. The van der Waals surface area contributed by atoms with E-state index in [-0.39, 0.29) is 6.04 Å². The molecule has 0 radical (unpaired) electrons. The SMILES string of the molecule is COc1cccc(N2CCN([C@H](c3ccccc3)c3nnnn3Cc3ccccc3)CC2)c1. The summed E-state index contributed by atoms with van der Waals surface area (Å²) in [5, 5.41) is 12.9. The van der Waals surface area contributed by atoms with Gasteiger partial charge in [0.25, 0.3) is 0 Å². The molecule has 0 aliphatic carbocycles. The molecule has 1 aromatic heterocycles. The summed E-state index contributed by atoms with van der Waals surface area (Å²) < 4.78 is 7.34. The van der Waals surface area contributed by atoms with E-state index in [1.54, 1.807) is 7.11 Å². The van der Waals surface area contributed by atoms with E-state index in [0.29, 0.717) is 6.54 Å². The number of ether oxygens (including phenoxy) is 1. The lowest BCUT2D eigenvalue weighted by Crippen LogP contribution is -2.48. The van der Waals surface area contributed by atoms with Gasteiger partial charge in [0, 0.05) is 37.9 Å². The van der Waals surface area contributed by atoms with Gasteiger partial charge in [-0.05, 0) is 33.7 Å². The zero-order valence-corrected chi connectivity index (χ0v) is 18.8. The van der Waals surface area contributed by atoms with E-state index < -0.39 is 0 Å². The highest BCUT2D eigenvalue weighted by Crippen LogP contribution is 2.30. The maximum Gasteiger partial charge on any atom is 0.173 e. The third kappa shape index (κ3) is 4.73.